The minimum absolute atomic E-state index is 0.0817. The van der Waals surface area contributed by atoms with Crippen LogP contribution in [0.5, 0.6) is 0 Å². The highest BCUT2D eigenvalue weighted by molar-refractivity contribution is 6.29. The number of carbonyl (C=O) groups is 1. The fourth-order valence-corrected chi connectivity index (χ4v) is 2.93. The van der Waals surface area contributed by atoms with Gasteiger partial charge in [0.25, 0.3) is 11.6 Å². The molecule has 2 heterocycles. The fourth-order valence-electron chi connectivity index (χ4n) is 2.75. The van der Waals surface area contributed by atoms with Crippen molar-refractivity contribution in [2.24, 2.45) is 0 Å². The van der Waals surface area contributed by atoms with E-state index in [9.17, 15) is 14.9 Å². The molecule has 0 spiro atoms. The number of anilines is 1. The van der Waals surface area contributed by atoms with Gasteiger partial charge in [0.2, 0.25) is 0 Å². The summed E-state index contributed by atoms with van der Waals surface area (Å²) < 4.78 is 0. The molecule has 1 aliphatic heterocycles. The Morgan fingerprint density at radius 2 is 1.88 bits per heavy atom. The number of amides is 1. The molecule has 7 nitrogen and oxygen atoms in total. The average molecular weight is 347 g/mol. The molecule has 0 unspecified atom stereocenters. The van der Waals surface area contributed by atoms with Crippen LogP contribution < -0.4 is 4.90 Å². The lowest BCUT2D eigenvalue weighted by Crippen LogP contribution is -2.49. The zero-order valence-electron chi connectivity index (χ0n) is 12.8. The van der Waals surface area contributed by atoms with Gasteiger partial charge < -0.3 is 9.80 Å². The van der Waals surface area contributed by atoms with Crippen molar-refractivity contribution < 1.29 is 9.72 Å². The molecular formula is C16H15ClN4O3. The third-order valence-corrected chi connectivity index (χ3v) is 4.17. The number of carbonyl (C=O) groups excluding carboxylic acids is 1. The zero-order chi connectivity index (χ0) is 17.1. The molecule has 1 saturated heterocycles. The van der Waals surface area contributed by atoms with E-state index in [1.165, 1.54) is 18.3 Å². The second-order valence-electron chi connectivity index (χ2n) is 5.39. The van der Waals surface area contributed by atoms with Gasteiger partial charge in [0.15, 0.2) is 0 Å². The molecule has 2 aromatic rings. The molecule has 0 atom stereocenters. The molecule has 124 valence electrons. The van der Waals surface area contributed by atoms with E-state index in [-0.39, 0.29) is 21.7 Å². The number of piperazine rings is 1. The average Bonchev–Trinajstić information content (AvgIpc) is 2.61. The lowest BCUT2D eigenvalue weighted by molar-refractivity contribution is -0.384. The van der Waals surface area contributed by atoms with Crippen molar-refractivity contribution in [1.29, 1.82) is 0 Å². The number of rotatable bonds is 3. The van der Waals surface area contributed by atoms with Gasteiger partial charge >= 0.3 is 0 Å². The van der Waals surface area contributed by atoms with Crippen LogP contribution >= 0.6 is 11.6 Å². The summed E-state index contributed by atoms with van der Waals surface area (Å²) in [7, 11) is 0. The molecule has 0 radical (unpaired) electrons. The largest absolute Gasteiger partial charge is 0.362 e. The van der Waals surface area contributed by atoms with Gasteiger partial charge in [-0.1, -0.05) is 23.7 Å². The number of hydrogen-bond acceptors (Lipinski definition) is 5. The molecule has 0 bridgehead atoms. The number of para-hydroxylation sites is 2. The van der Waals surface area contributed by atoms with Gasteiger partial charge in [-0.3, -0.25) is 14.9 Å². The molecule has 8 heteroatoms. The summed E-state index contributed by atoms with van der Waals surface area (Å²) >= 11 is 5.82. The maximum atomic E-state index is 12.5. The summed E-state index contributed by atoms with van der Waals surface area (Å²) in [5.41, 5.74) is 1.16. The topological polar surface area (TPSA) is 79.6 Å². The first-order valence-corrected chi connectivity index (χ1v) is 7.83. The molecule has 24 heavy (non-hydrogen) atoms. The number of benzene rings is 1. The van der Waals surface area contributed by atoms with Crippen molar-refractivity contribution in [2.45, 2.75) is 0 Å². The summed E-state index contributed by atoms with van der Waals surface area (Å²) in [6, 6.07) is 9.82. The van der Waals surface area contributed by atoms with Crippen LogP contribution in [0.3, 0.4) is 0 Å². The van der Waals surface area contributed by atoms with E-state index in [0.29, 0.717) is 37.4 Å². The molecular weight excluding hydrogens is 332 g/mol. The normalized spacial score (nSPS) is 14.5. The van der Waals surface area contributed by atoms with E-state index in [4.69, 9.17) is 11.6 Å². The highest BCUT2D eigenvalue weighted by Gasteiger charge is 2.26. The Hall–Kier alpha value is -2.67. The van der Waals surface area contributed by atoms with Gasteiger partial charge in [0.05, 0.1) is 4.92 Å². The number of pyridine rings is 1. The summed E-state index contributed by atoms with van der Waals surface area (Å²) in [5, 5.41) is 11.4. The number of aromatic nitrogens is 1. The van der Waals surface area contributed by atoms with Gasteiger partial charge in [-0.05, 0) is 18.2 Å². The summed E-state index contributed by atoms with van der Waals surface area (Å²) in [6.07, 6.45) is 1.50. The lowest BCUT2D eigenvalue weighted by atomic mass is 10.2. The first-order chi connectivity index (χ1) is 11.6. The first kappa shape index (κ1) is 16.2. The number of halogens is 1. The Kier molecular flexibility index (Phi) is 4.61. The Labute approximate surface area is 143 Å². The monoisotopic (exact) mass is 346 g/mol. The van der Waals surface area contributed by atoms with Crippen molar-refractivity contribution in [2.75, 3.05) is 31.1 Å². The Morgan fingerprint density at radius 1 is 1.17 bits per heavy atom. The van der Waals surface area contributed by atoms with Crippen LogP contribution in [0.4, 0.5) is 11.4 Å². The quantitative estimate of drug-likeness (QED) is 0.485. The predicted molar refractivity (Wildman–Crippen MR) is 90.5 cm³/mol. The van der Waals surface area contributed by atoms with E-state index in [1.807, 2.05) is 4.90 Å². The lowest BCUT2D eigenvalue weighted by Gasteiger charge is -2.35. The Bertz CT molecular complexity index is 775. The molecule has 1 amide bonds. The van der Waals surface area contributed by atoms with Crippen LogP contribution in [0, 0.1) is 10.1 Å². The van der Waals surface area contributed by atoms with E-state index in [1.54, 1.807) is 29.2 Å². The number of nitrogens with zero attached hydrogens (tertiary/aromatic N) is 4. The minimum atomic E-state index is -0.383. The van der Waals surface area contributed by atoms with Crippen LogP contribution in [-0.2, 0) is 0 Å². The third kappa shape index (κ3) is 3.30. The van der Waals surface area contributed by atoms with Crippen molar-refractivity contribution in [3.63, 3.8) is 0 Å². The first-order valence-electron chi connectivity index (χ1n) is 7.45. The van der Waals surface area contributed by atoms with Crippen LogP contribution in [-0.4, -0.2) is 46.9 Å². The standard InChI is InChI=1S/C16H15ClN4O3/c17-15-11-12(5-6-18-15)16(22)20-9-7-19(8-10-20)13-3-1-2-4-14(13)21(23)24/h1-6,11H,7-10H2. The SMILES string of the molecule is O=C(c1ccnc(Cl)c1)N1CCN(c2ccccc2[N+](=O)[O-])CC1. The van der Waals surface area contributed by atoms with E-state index >= 15 is 0 Å². The smallest absolute Gasteiger partial charge is 0.292 e. The molecule has 1 aromatic heterocycles. The van der Waals surface area contributed by atoms with E-state index in [2.05, 4.69) is 4.98 Å². The minimum Gasteiger partial charge on any atom is -0.362 e. The van der Waals surface area contributed by atoms with Gasteiger partial charge in [-0.15, -0.1) is 0 Å². The molecule has 0 N–H and O–H groups in total. The highest BCUT2D eigenvalue weighted by atomic mass is 35.5. The number of nitro benzene ring substituents is 1. The third-order valence-electron chi connectivity index (χ3n) is 3.96. The van der Waals surface area contributed by atoms with Gasteiger partial charge in [-0.2, -0.15) is 0 Å². The number of nitro groups is 1. The van der Waals surface area contributed by atoms with Crippen LogP contribution in [0.2, 0.25) is 5.15 Å². The molecule has 0 aliphatic carbocycles. The van der Waals surface area contributed by atoms with Gasteiger partial charge in [-0.25, -0.2) is 4.98 Å². The zero-order valence-corrected chi connectivity index (χ0v) is 13.5. The molecule has 1 fully saturated rings. The summed E-state index contributed by atoms with van der Waals surface area (Å²) in [5.74, 6) is -0.110. The van der Waals surface area contributed by atoms with Gasteiger partial charge in [0, 0.05) is 44.0 Å². The van der Waals surface area contributed by atoms with Crippen LogP contribution in [0.25, 0.3) is 0 Å². The van der Waals surface area contributed by atoms with Crippen molar-refractivity contribution in [1.82, 2.24) is 9.88 Å². The van der Waals surface area contributed by atoms with Crippen molar-refractivity contribution in [3.05, 3.63) is 63.4 Å². The number of hydrogen-bond donors (Lipinski definition) is 0. The van der Waals surface area contributed by atoms with Crippen molar-refractivity contribution >= 4 is 28.9 Å². The van der Waals surface area contributed by atoms with Crippen molar-refractivity contribution in [3.8, 4) is 0 Å². The second kappa shape index (κ2) is 6.84. The van der Waals surface area contributed by atoms with E-state index < -0.39 is 0 Å². The fraction of sp³-hybridized carbons (Fsp3) is 0.250. The Balaban J connectivity index is 1.70. The molecule has 1 aliphatic rings. The van der Waals surface area contributed by atoms with E-state index in [0.717, 1.165) is 0 Å². The maximum Gasteiger partial charge on any atom is 0.292 e. The highest BCUT2D eigenvalue weighted by Crippen LogP contribution is 2.28. The summed E-state index contributed by atoms with van der Waals surface area (Å²) in [4.78, 5) is 30.8. The second-order valence-corrected chi connectivity index (χ2v) is 5.78. The molecule has 1 aromatic carbocycles. The van der Waals surface area contributed by atoms with Crippen LogP contribution in [0.1, 0.15) is 10.4 Å². The molecule has 0 saturated carbocycles. The molecule has 3 rings (SSSR count). The maximum absolute atomic E-state index is 12.5. The van der Waals surface area contributed by atoms with Crippen LogP contribution in [0.15, 0.2) is 42.6 Å². The Morgan fingerprint density at radius 3 is 2.54 bits per heavy atom. The summed E-state index contributed by atoms with van der Waals surface area (Å²) in [6.45, 7) is 2.06. The predicted octanol–water partition coefficient (Wildman–Crippen LogP) is 2.61. The van der Waals surface area contributed by atoms with Gasteiger partial charge in [0.1, 0.15) is 10.8 Å².